The van der Waals surface area contributed by atoms with Crippen LogP contribution in [0.2, 0.25) is 0 Å². The molecule has 0 aliphatic heterocycles. The third-order valence-corrected chi connectivity index (χ3v) is 0. The molecule has 0 spiro atoms. The molecule has 0 aromatic carbocycles. The minimum absolute atomic E-state index is 0. The van der Waals surface area contributed by atoms with E-state index in [2.05, 4.69) is 0 Å². The van der Waals surface area contributed by atoms with E-state index >= 15 is 0 Å². The molecule has 0 aromatic heterocycles. The Morgan fingerprint density at radius 3 is 1.25 bits per heavy atom. The molecule has 0 rings (SSSR count). The fourth-order valence-corrected chi connectivity index (χ4v) is 0. The normalized spacial score (nSPS) is 0.750. The summed E-state index contributed by atoms with van der Waals surface area (Å²) in [6.07, 6.45) is 0. The molecule has 0 aliphatic rings. The van der Waals surface area contributed by atoms with E-state index in [9.17, 15) is 0 Å². The summed E-state index contributed by atoms with van der Waals surface area (Å²) in [7, 11) is 0. The molecule has 27 valence electrons. The Kier molecular flexibility index (Phi) is 95.0. The Balaban J connectivity index is -0.00000000500. The summed E-state index contributed by atoms with van der Waals surface area (Å²) in [5.41, 5.74) is 0. The second-order valence-corrected chi connectivity index (χ2v) is 0. The number of rotatable bonds is 0. The SMILES string of the molecule is [Ni].[O]=[Ta].[W]. The van der Waals surface area contributed by atoms with Gasteiger partial charge in [-0.25, -0.2) is 0 Å². The summed E-state index contributed by atoms with van der Waals surface area (Å²) in [5, 5.41) is 0. The van der Waals surface area contributed by atoms with E-state index in [4.69, 9.17) is 3.25 Å². The summed E-state index contributed by atoms with van der Waals surface area (Å²) in [6.45, 7) is 0. The van der Waals surface area contributed by atoms with E-state index in [-0.39, 0.29) is 58.6 Å². The van der Waals surface area contributed by atoms with E-state index < -0.39 is 0 Å². The zero-order chi connectivity index (χ0) is 2.00. The van der Waals surface area contributed by atoms with Gasteiger partial charge < -0.3 is 0 Å². The van der Waals surface area contributed by atoms with Gasteiger partial charge in [-0.2, -0.15) is 0 Å². The topological polar surface area (TPSA) is 17.1 Å². The molecule has 0 heterocycles. The largest absolute Gasteiger partial charge is 0 e. The molecule has 0 amide bonds. The zero-order valence-corrected chi connectivity index (χ0v) is 8.71. The van der Waals surface area contributed by atoms with Gasteiger partial charge in [-0.15, -0.1) is 0 Å². The maximum Gasteiger partial charge on any atom is 0 e. The van der Waals surface area contributed by atoms with Crippen molar-refractivity contribution in [3.05, 3.63) is 0 Å². The Bertz CT molecular complexity index is 8.00. The van der Waals surface area contributed by atoms with Crippen molar-refractivity contribution in [3.63, 3.8) is 0 Å². The van der Waals surface area contributed by atoms with Gasteiger partial charge in [0, 0.05) is 37.6 Å². The first-order valence-corrected chi connectivity index (χ1v) is 1.49. The molecular formula is NiOTaW. The maximum atomic E-state index is 8.36. The van der Waals surface area contributed by atoms with Crippen LogP contribution in [0.25, 0.3) is 0 Å². The molecule has 0 radical (unpaired) electrons. The predicted molar refractivity (Wildman–Crippen MR) is 0.686 cm³/mol. The van der Waals surface area contributed by atoms with Gasteiger partial charge in [-0.05, 0) is 0 Å². The second-order valence-electron chi connectivity index (χ2n) is 0. The smallest absolute Gasteiger partial charge is 0 e. The van der Waals surface area contributed by atoms with Gasteiger partial charge in [0.05, 0.1) is 0 Å². The van der Waals surface area contributed by atoms with Crippen molar-refractivity contribution in [1.29, 1.82) is 0 Å². The van der Waals surface area contributed by atoms with Gasteiger partial charge in [-0.1, -0.05) is 0 Å². The van der Waals surface area contributed by atoms with Gasteiger partial charge in [0.15, 0.2) is 0 Å². The first-order chi connectivity index (χ1) is 1.00. The molecule has 4 heavy (non-hydrogen) atoms. The Labute approximate surface area is 61.4 Å². The van der Waals surface area contributed by atoms with Crippen LogP contribution < -0.4 is 0 Å². The van der Waals surface area contributed by atoms with Crippen LogP contribution in [-0.2, 0) is 61.8 Å². The average molecular weight is 439 g/mol. The molecule has 4 heteroatoms. The molecule has 0 unspecified atom stereocenters. The molecular weight excluding hydrogens is 439 g/mol. The van der Waals surface area contributed by atoms with Crippen molar-refractivity contribution in [2.75, 3.05) is 0 Å². The van der Waals surface area contributed by atoms with Crippen LogP contribution in [-0.4, -0.2) is 0 Å². The summed E-state index contributed by atoms with van der Waals surface area (Å²) < 4.78 is 8.36. The monoisotopic (exact) mass is 439 g/mol. The van der Waals surface area contributed by atoms with Gasteiger partial charge in [0.25, 0.3) is 0 Å². The van der Waals surface area contributed by atoms with E-state index in [1.807, 2.05) is 0 Å². The van der Waals surface area contributed by atoms with E-state index in [1.165, 1.54) is 0 Å². The molecule has 0 saturated carbocycles. The van der Waals surface area contributed by atoms with Crippen molar-refractivity contribution < 1.29 is 61.8 Å². The molecule has 0 atom stereocenters. The minimum Gasteiger partial charge on any atom is 0 e. The standard InChI is InChI=1S/Ni.O.Ta.W. The van der Waals surface area contributed by atoms with E-state index in [1.54, 1.807) is 0 Å². The van der Waals surface area contributed by atoms with Gasteiger partial charge >= 0.3 is 24.3 Å². The van der Waals surface area contributed by atoms with Gasteiger partial charge in [0.1, 0.15) is 0 Å². The minimum atomic E-state index is 0. The Morgan fingerprint density at radius 1 is 1.25 bits per heavy atom. The van der Waals surface area contributed by atoms with Gasteiger partial charge in [0.2, 0.25) is 0 Å². The molecule has 0 aromatic rings. The van der Waals surface area contributed by atoms with Crippen molar-refractivity contribution >= 4 is 0 Å². The summed E-state index contributed by atoms with van der Waals surface area (Å²) in [4.78, 5) is 0. The zero-order valence-electron chi connectivity index (χ0n) is 1.58. The Morgan fingerprint density at radius 2 is 1.25 bits per heavy atom. The fourth-order valence-electron chi connectivity index (χ4n) is 0. The van der Waals surface area contributed by atoms with Crippen LogP contribution in [0, 0.1) is 0 Å². The number of hydrogen-bond donors (Lipinski definition) is 0. The first kappa shape index (κ1) is 17.2. The van der Waals surface area contributed by atoms with Crippen molar-refractivity contribution in [3.8, 4) is 0 Å². The molecule has 0 saturated heterocycles. The van der Waals surface area contributed by atoms with Crippen LogP contribution in [0.15, 0.2) is 0 Å². The predicted octanol–water partition coefficient (Wildman–Crippen LogP) is -0.126. The second kappa shape index (κ2) is 22.1. The molecule has 0 aliphatic carbocycles. The molecule has 1 nitrogen and oxygen atoms in total. The van der Waals surface area contributed by atoms with Crippen molar-refractivity contribution in [1.82, 2.24) is 0 Å². The maximum absolute atomic E-state index is 8.36. The van der Waals surface area contributed by atoms with Crippen molar-refractivity contribution in [2.24, 2.45) is 0 Å². The summed E-state index contributed by atoms with van der Waals surface area (Å²) in [6, 6.07) is 0. The summed E-state index contributed by atoms with van der Waals surface area (Å²) in [5.74, 6) is 0. The summed E-state index contributed by atoms with van der Waals surface area (Å²) >= 11 is 0.194. The Hall–Kier alpha value is 1.72. The number of hydrogen-bond acceptors (Lipinski definition) is 1. The van der Waals surface area contributed by atoms with Crippen LogP contribution >= 0.6 is 0 Å². The third-order valence-electron chi connectivity index (χ3n) is 0. The van der Waals surface area contributed by atoms with E-state index in [0.717, 1.165) is 0 Å². The van der Waals surface area contributed by atoms with Crippen LogP contribution in [0.4, 0.5) is 0 Å². The van der Waals surface area contributed by atoms with Crippen LogP contribution in [0.1, 0.15) is 0 Å². The first-order valence-electron chi connectivity index (χ1n) is 0.183. The third kappa shape index (κ3) is 9.30. The van der Waals surface area contributed by atoms with Crippen LogP contribution in [0.3, 0.4) is 0 Å². The molecule has 0 N–H and O–H groups in total. The van der Waals surface area contributed by atoms with Crippen molar-refractivity contribution in [2.45, 2.75) is 0 Å². The fraction of sp³-hybridized carbons (Fsp3) is 0. The van der Waals surface area contributed by atoms with Gasteiger partial charge in [-0.3, -0.25) is 0 Å². The molecule has 0 fully saturated rings. The van der Waals surface area contributed by atoms with Crippen LogP contribution in [0.5, 0.6) is 0 Å². The molecule has 0 bridgehead atoms. The van der Waals surface area contributed by atoms with E-state index in [0.29, 0.717) is 0 Å². The average Bonchev–Trinajstić information content (AvgIpc) is 1.00. The quantitative estimate of drug-likeness (QED) is 0.481.